The summed E-state index contributed by atoms with van der Waals surface area (Å²) in [4.78, 5) is 70.3. The fourth-order valence-corrected chi connectivity index (χ4v) is 7.46. The Kier molecular flexibility index (Phi) is 24.9. The van der Waals surface area contributed by atoms with E-state index in [1.165, 1.54) is 64.2 Å². The second-order valence-corrected chi connectivity index (χ2v) is 21.6. The van der Waals surface area contributed by atoms with Gasteiger partial charge in [0.1, 0.15) is 17.4 Å². The lowest BCUT2D eigenvalue weighted by atomic mass is 9.85. The van der Waals surface area contributed by atoms with Gasteiger partial charge in [-0.15, -0.1) is 0 Å². The number of likely N-dealkylation sites (tertiary alicyclic amines) is 2. The van der Waals surface area contributed by atoms with E-state index >= 15 is 0 Å². The summed E-state index contributed by atoms with van der Waals surface area (Å²) in [6, 6.07) is 0. The zero-order chi connectivity index (χ0) is 46.6. The van der Waals surface area contributed by atoms with E-state index in [1.807, 2.05) is 123 Å². The lowest BCUT2D eigenvalue weighted by molar-refractivity contribution is -0.141. The van der Waals surface area contributed by atoms with Crippen LogP contribution < -0.4 is 0 Å². The Morgan fingerprint density at radius 1 is 0.574 bits per heavy atom. The third-order valence-corrected chi connectivity index (χ3v) is 11.9. The molecular formula is C50H92N6O5. The molecule has 0 N–H and O–H groups in total. The molecule has 61 heavy (non-hydrogen) atoms. The summed E-state index contributed by atoms with van der Waals surface area (Å²) in [6.45, 7) is 33.4. The first-order valence-electron chi connectivity index (χ1n) is 23.8. The van der Waals surface area contributed by atoms with Crippen LogP contribution in [0.4, 0.5) is 0 Å². The number of aromatic nitrogens is 2. The number of Topliss-reactive ketones (excluding diaryl/α,β-unsaturated/α-hetero) is 2. The highest BCUT2D eigenvalue weighted by atomic mass is 16.2. The second kappa shape index (κ2) is 27.2. The van der Waals surface area contributed by atoms with Gasteiger partial charge in [-0.05, 0) is 51.5 Å². The molecule has 3 aliphatic heterocycles. The Morgan fingerprint density at radius 2 is 1.00 bits per heavy atom. The minimum atomic E-state index is -0.231. The van der Waals surface area contributed by atoms with E-state index in [2.05, 4.69) is 16.9 Å². The predicted octanol–water partition coefficient (Wildman–Crippen LogP) is 9.27. The number of likely N-dealkylation sites (N-methyl/N-ethyl adjacent to an activating group) is 1. The normalized spacial score (nSPS) is 17.8. The number of aryl methyl sites for hydroxylation is 2. The maximum Gasteiger partial charge on any atom is 0.228 e. The predicted molar refractivity (Wildman–Crippen MR) is 251 cm³/mol. The van der Waals surface area contributed by atoms with Gasteiger partial charge in [-0.3, -0.25) is 24.0 Å². The van der Waals surface area contributed by atoms with Crippen molar-refractivity contribution < 1.29 is 24.0 Å². The molecule has 0 unspecified atom stereocenters. The molecule has 1 aromatic rings. The van der Waals surface area contributed by atoms with Crippen molar-refractivity contribution >= 4 is 29.3 Å². The summed E-state index contributed by atoms with van der Waals surface area (Å²) in [6.07, 6.45) is 18.4. The van der Waals surface area contributed by atoms with Crippen LogP contribution in [0.3, 0.4) is 0 Å². The summed E-state index contributed by atoms with van der Waals surface area (Å²) in [5.74, 6) is 3.69. The third kappa shape index (κ3) is 22.7. The summed E-state index contributed by atoms with van der Waals surface area (Å²) < 4.78 is 1.95. The van der Waals surface area contributed by atoms with Crippen molar-refractivity contribution in [3.8, 4) is 0 Å². The van der Waals surface area contributed by atoms with Crippen LogP contribution in [-0.2, 0) is 37.4 Å². The highest BCUT2D eigenvalue weighted by molar-refractivity contribution is 5.84. The molecule has 0 atom stereocenters. The van der Waals surface area contributed by atoms with Crippen molar-refractivity contribution in [3.63, 3.8) is 0 Å². The van der Waals surface area contributed by atoms with E-state index in [0.29, 0.717) is 35.7 Å². The maximum atomic E-state index is 11.8. The van der Waals surface area contributed by atoms with E-state index < -0.39 is 0 Å². The second-order valence-electron chi connectivity index (χ2n) is 21.6. The van der Waals surface area contributed by atoms with E-state index in [-0.39, 0.29) is 34.0 Å². The lowest BCUT2D eigenvalue weighted by Gasteiger charge is -2.36. The van der Waals surface area contributed by atoms with E-state index in [1.54, 1.807) is 6.20 Å². The smallest absolute Gasteiger partial charge is 0.228 e. The van der Waals surface area contributed by atoms with Gasteiger partial charge in [-0.2, -0.15) is 0 Å². The van der Waals surface area contributed by atoms with Crippen LogP contribution >= 0.6 is 0 Å². The van der Waals surface area contributed by atoms with Crippen molar-refractivity contribution in [2.24, 2.45) is 41.0 Å². The molecule has 1 saturated carbocycles. The maximum absolute atomic E-state index is 11.8. The van der Waals surface area contributed by atoms with Gasteiger partial charge in [-0.1, -0.05) is 116 Å². The Balaban J connectivity index is 0.000000382. The number of nitrogens with zero attached hydrogens (tertiary/aromatic N) is 6. The average Bonchev–Trinajstić information content (AvgIpc) is 3.88. The number of ketones is 2. The molecule has 0 bridgehead atoms. The molecule has 4 fully saturated rings. The number of hydrogen-bond acceptors (Lipinski definition) is 7. The van der Waals surface area contributed by atoms with Gasteiger partial charge in [0.15, 0.2) is 0 Å². The van der Waals surface area contributed by atoms with Crippen LogP contribution in [0.2, 0.25) is 0 Å². The van der Waals surface area contributed by atoms with Crippen molar-refractivity contribution in [2.75, 3.05) is 59.4 Å². The topological polar surface area (TPSA) is 116 Å². The van der Waals surface area contributed by atoms with Crippen LogP contribution in [0.1, 0.15) is 173 Å². The number of imidazole rings is 1. The quantitative estimate of drug-likeness (QED) is 0.269. The fourth-order valence-electron chi connectivity index (χ4n) is 7.46. The fraction of sp³-hybridized carbons (Fsp3) is 0.840. The van der Waals surface area contributed by atoms with Crippen molar-refractivity contribution in [1.82, 2.24) is 29.2 Å². The standard InChI is InChI=1S/C11H18N2O.C11H20O.C10H20N2O.2C9H17NO/c1-11(2,3)9(14)5-6-10-12-7-8-13(10)4;1-11(2,3)10(12)8-9-6-4-5-7-9;1-10(2,3)9(13)12-7-5-11(4)6-8-12;2*1-8(2)9(11)10-6-4-3-5-7-10/h7-8H,5-6H2,1-4H3;9H,4-8H2,1-3H3;5-8H2,1-4H3;2*8H,3-7H2,1-2H3. The molecule has 4 heterocycles. The van der Waals surface area contributed by atoms with Crippen LogP contribution in [0.15, 0.2) is 12.4 Å². The minimum Gasteiger partial charge on any atom is -0.342 e. The molecular weight excluding hydrogens is 765 g/mol. The number of hydrogen-bond donors (Lipinski definition) is 0. The number of carbonyl (C=O) groups is 5. The molecule has 5 rings (SSSR count). The molecule has 0 aromatic carbocycles. The van der Waals surface area contributed by atoms with Gasteiger partial charge in [0.25, 0.3) is 0 Å². The van der Waals surface area contributed by atoms with Crippen LogP contribution in [-0.4, -0.2) is 118 Å². The molecule has 3 amide bonds. The summed E-state index contributed by atoms with van der Waals surface area (Å²) in [7, 11) is 4.04. The van der Waals surface area contributed by atoms with Crippen LogP contribution in [0.25, 0.3) is 0 Å². The summed E-state index contributed by atoms with van der Waals surface area (Å²) in [5.41, 5.74) is -0.580. The van der Waals surface area contributed by atoms with Crippen LogP contribution in [0.5, 0.6) is 0 Å². The monoisotopic (exact) mass is 857 g/mol. The lowest BCUT2D eigenvalue weighted by Crippen LogP contribution is -2.50. The van der Waals surface area contributed by atoms with E-state index in [0.717, 1.165) is 71.0 Å². The van der Waals surface area contributed by atoms with E-state index in [4.69, 9.17) is 0 Å². The number of carbonyl (C=O) groups excluding carboxylic acids is 5. The Labute approximate surface area is 373 Å². The molecule has 1 aliphatic carbocycles. The Morgan fingerprint density at radius 3 is 1.34 bits per heavy atom. The Bertz CT molecular complexity index is 1400. The van der Waals surface area contributed by atoms with E-state index in [9.17, 15) is 24.0 Å². The van der Waals surface area contributed by atoms with Crippen molar-refractivity contribution in [2.45, 2.75) is 173 Å². The number of piperazine rings is 1. The molecule has 1 aromatic heterocycles. The van der Waals surface area contributed by atoms with Crippen LogP contribution in [0, 0.1) is 34.0 Å². The SMILES string of the molecule is CC(C)(C)C(=O)CC1CCCC1.CC(C)C(=O)N1CCCCC1.CC(C)C(=O)N1CCCCC1.CN1CCN(C(=O)C(C)(C)C)CC1.Cn1ccnc1CCC(=O)C(C)(C)C. The van der Waals surface area contributed by atoms with Crippen molar-refractivity contribution in [1.29, 1.82) is 0 Å². The minimum absolute atomic E-state index is 0.122. The number of piperidine rings is 2. The largest absolute Gasteiger partial charge is 0.342 e. The summed E-state index contributed by atoms with van der Waals surface area (Å²) >= 11 is 0. The first-order chi connectivity index (χ1) is 28.2. The highest BCUT2D eigenvalue weighted by Gasteiger charge is 2.29. The van der Waals surface area contributed by atoms with Gasteiger partial charge >= 0.3 is 0 Å². The number of rotatable bonds is 7. The number of amides is 3. The van der Waals surface area contributed by atoms with Crippen molar-refractivity contribution in [3.05, 3.63) is 18.2 Å². The van der Waals surface area contributed by atoms with Gasteiger partial charge in [0.05, 0.1) is 0 Å². The summed E-state index contributed by atoms with van der Waals surface area (Å²) in [5, 5.41) is 0. The molecule has 0 spiro atoms. The molecule has 11 heteroatoms. The molecule has 11 nitrogen and oxygen atoms in total. The van der Waals surface area contributed by atoms with Gasteiger partial charge in [-0.25, -0.2) is 4.98 Å². The first kappa shape index (κ1) is 55.9. The Hall–Kier alpha value is -3.08. The van der Waals surface area contributed by atoms with Gasteiger partial charge < -0.3 is 24.2 Å². The highest BCUT2D eigenvalue weighted by Crippen LogP contribution is 2.31. The zero-order valence-corrected chi connectivity index (χ0v) is 42.0. The van der Waals surface area contributed by atoms with Gasteiger partial charge in [0.2, 0.25) is 17.7 Å². The van der Waals surface area contributed by atoms with Gasteiger partial charge in [0, 0.05) is 119 Å². The third-order valence-electron chi connectivity index (χ3n) is 11.9. The molecule has 4 aliphatic rings. The molecule has 352 valence electrons. The zero-order valence-electron chi connectivity index (χ0n) is 42.0. The first-order valence-corrected chi connectivity index (χ1v) is 23.8. The average molecular weight is 857 g/mol. The molecule has 0 radical (unpaired) electrons. The molecule has 3 saturated heterocycles.